The van der Waals surface area contributed by atoms with E-state index in [0.29, 0.717) is 12.0 Å². The molecule has 1 heterocycles. The smallest absolute Gasteiger partial charge is 0.0491 e. The Balaban J connectivity index is 1.59. The van der Waals surface area contributed by atoms with Crippen LogP contribution in [0.1, 0.15) is 18.4 Å². The maximum atomic E-state index is 9.35. The van der Waals surface area contributed by atoms with E-state index in [9.17, 15) is 5.11 Å². The molecule has 1 saturated heterocycles. The molecular weight excluding hydrogens is 198 g/mol. The van der Waals surface area contributed by atoms with Gasteiger partial charge in [-0.1, -0.05) is 30.3 Å². The SMILES string of the molecule is OC[C@]12CCN(Cc3ccccc3)C[C@H]1C2. The zero-order valence-corrected chi connectivity index (χ0v) is 9.60. The van der Waals surface area contributed by atoms with Gasteiger partial charge in [0.1, 0.15) is 0 Å². The molecule has 1 aromatic rings. The number of aliphatic hydroxyl groups excluding tert-OH is 1. The number of piperidine rings is 1. The molecule has 0 amide bonds. The lowest BCUT2D eigenvalue weighted by molar-refractivity contribution is 0.116. The van der Waals surface area contributed by atoms with Gasteiger partial charge in [-0.15, -0.1) is 0 Å². The predicted octanol–water partition coefficient (Wildman–Crippen LogP) is 1.89. The minimum atomic E-state index is 0.327. The molecule has 1 aliphatic heterocycles. The van der Waals surface area contributed by atoms with Crippen molar-refractivity contribution >= 4 is 0 Å². The zero-order valence-electron chi connectivity index (χ0n) is 9.60. The maximum Gasteiger partial charge on any atom is 0.0491 e. The van der Waals surface area contributed by atoms with Crippen molar-refractivity contribution in [3.05, 3.63) is 35.9 Å². The fraction of sp³-hybridized carbons (Fsp3) is 0.571. The molecule has 0 radical (unpaired) electrons. The van der Waals surface area contributed by atoms with Gasteiger partial charge < -0.3 is 5.11 Å². The number of benzene rings is 1. The standard InChI is InChI=1S/C14H19NO/c16-11-14-6-7-15(10-13(14)8-14)9-12-4-2-1-3-5-12/h1-5,13,16H,6-11H2/t13-,14-/m1/s1. The largest absolute Gasteiger partial charge is 0.396 e. The Labute approximate surface area is 96.9 Å². The molecule has 0 aromatic heterocycles. The van der Waals surface area contributed by atoms with E-state index in [1.54, 1.807) is 0 Å². The van der Waals surface area contributed by atoms with Crippen molar-refractivity contribution in [2.45, 2.75) is 19.4 Å². The highest BCUT2D eigenvalue weighted by molar-refractivity contribution is 5.15. The molecule has 2 aliphatic rings. The molecule has 2 nitrogen and oxygen atoms in total. The van der Waals surface area contributed by atoms with Crippen molar-refractivity contribution in [2.24, 2.45) is 11.3 Å². The van der Waals surface area contributed by atoms with Crippen LogP contribution in [0.4, 0.5) is 0 Å². The number of aliphatic hydroxyl groups is 1. The molecule has 1 saturated carbocycles. The fourth-order valence-corrected chi connectivity index (χ4v) is 3.04. The molecule has 1 aromatic carbocycles. The van der Waals surface area contributed by atoms with E-state index in [-0.39, 0.29) is 0 Å². The van der Waals surface area contributed by atoms with Crippen LogP contribution in [0.5, 0.6) is 0 Å². The van der Waals surface area contributed by atoms with Gasteiger partial charge in [-0.25, -0.2) is 0 Å². The van der Waals surface area contributed by atoms with Crippen molar-refractivity contribution < 1.29 is 5.11 Å². The lowest BCUT2D eigenvalue weighted by Gasteiger charge is -2.30. The third kappa shape index (κ3) is 1.76. The minimum Gasteiger partial charge on any atom is -0.396 e. The second-order valence-corrected chi connectivity index (χ2v) is 5.39. The first-order valence-electron chi connectivity index (χ1n) is 6.19. The summed E-state index contributed by atoms with van der Waals surface area (Å²) in [5.74, 6) is 0.759. The molecule has 2 heteroatoms. The fourth-order valence-electron chi connectivity index (χ4n) is 3.04. The van der Waals surface area contributed by atoms with Gasteiger partial charge in [-0.05, 0) is 36.3 Å². The van der Waals surface area contributed by atoms with Crippen LogP contribution in [0.25, 0.3) is 0 Å². The van der Waals surface area contributed by atoms with Crippen molar-refractivity contribution in [3.63, 3.8) is 0 Å². The normalized spacial score (nSPS) is 33.4. The number of hydrogen-bond acceptors (Lipinski definition) is 2. The molecule has 16 heavy (non-hydrogen) atoms. The van der Waals surface area contributed by atoms with Crippen LogP contribution in [-0.2, 0) is 6.54 Å². The topological polar surface area (TPSA) is 23.5 Å². The molecular formula is C14H19NO. The lowest BCUT2D eigenvalue weighted by atomic mass is 9.96. The second kappa shape index (κ2) is 3.86. The third-order valence-electron chi connectivity index (χ3n) is 4.33. The predicted molar refractivity (Wildman–Crippen MR) is 64.0 cm³/mol. The summed E-state index contributed by atoms with van der Waals surface area (Å²) >= 11 is 0. The molecule has 1 aliphatic carbocycles. The molecule has 86 valence electrons. The average Bonchev–Trinajstić information content (AvgIpc) is 3.05. The van der Waals surface area contributed by atoms with Gasteiger partial charge in [0.25, 0.3) is 0 Å². The maximum absolute atomic E-state index is 9.35. The Morgan fingerprint density at radius 1 is 1.31 bits per heavy atom. The summed E-state index contributed by atoms with van der Waals surface area (Å²) in [6.45, 7) is 3.79. The highest BCUT2D eigenvalue weighted by Crippen LogP contribution is 2.57. The summed E-state index contributed by atoms with van der Waals surface area (Å²) in [4.78, 5) is 2.53. The van der Waals surface area contributed by atoms with Crippen LogP contribution in [0, 0.1) is 11.3 Å². The van der Waals surface area contributed by atoms with Crippen LogP contribution >= 0.6 is 0 Å². The Kier molecular flexibility index (Phi) is 2.49. The Bertz CT molecular complexity index is 364. The summed E-state index contributed by atoms with van der Waals surface area (Å²) in [6, 6.07) is 10.7. The van der Waals surface area contributed by atoms with E-state index in [0.717, 1.165) is 19.0 Å². The number of fused-ring (bicyclic) bond motifs is 1. The van der Waals surface area contributed by atoms with Gasteiger partial charge in [0.05, 0.1) is 0 Å². The summed E-state index contributed by atoms with van der Waals surface area (Å²) in [5.41, 5.74) is 1.73. The van der Waals surface area contributed by atoms with Gasteiger partial charge in [-0.2, -0.15) is 0 Å². The quantitative estimate of drug-likeness (QED) is 0.835. The summed E-state index contributed by atoms with van der Waals surface area (Å²) in [5, 5.41) is 9.35. The monoisotopic (exact) mass is 217 g/mol. The Morgan fingerprint density at radius 3 is 2.81 bits per heavy atom. The van der Waals surface area contributed by atoms with Gasteiger partial charge >= 0.3 is 0 Å². The number of likely N-dealkylation sites (tertiary alicyclic amines) is 1. The van der Waals surface area contributed by atoms with E-state index in [2.05, 4.69) is 35.2 Å². The molecule has 0 bridgehead atoms. The zero-order chi connectivity index (χ0) is 11.0. The van der Waals surface area contributed by atoms with Crippen LogP contribution in [-0.4, -0.2) is 29.7 Å². The molecule has 0 spiro atoms. The molecule has 2 atom stereocenters. The third-order valence-corrected chi connectivity index (χ3v) is 4.33. The van der Waals surface area contributed by atoms with E-state index in [4.69, 9.17) is 0 Å². The number of rotatable bonds is 3. The molecule has 1 N–H and O–H groups in total. The van der Waals surface area contributed by atoms with Crippen LogP contribution in [0.2, 0.25) is 0 Å². The highest BCUT2D eigenvalue weighted by Gasteiger charge is 2.55. The lowest BCUT2D eigenvalue weighted by Crippen LogP contribution is -2.35. The first kappa shape index (κ1) is 10.3. The first-order chi connectivity index (χ1) is 7.82. The molecule has 3 rings (SSSR count). The van der Waals surface area contributed by atoms with Crippen molar-refractivity contribution in [2.75, 3.05) is 19.7 Å². The van der Waals surface area contributed by atoms with Crippen molar-refractivity contribution in [3.8, 4) is 0 Å². The highest BCUT2D eigenvalue weighted by atomic mass is 16.3. The van der Waals surface area contributed by atoms with Crippen molar-refractivity contribution in [1.29, 1.82) is 0 Å². The Hall–Kier alpha value is -0.860. The van der Waals surface area contributed by atoms with E-state index < -0.39 is 0 Å². The second-order valence-electron chi connectivity index (χ2n) is 5.39. The Morgan fingerprint density at radius 2 is 2.12 bits per heavy atom. The van der Waals surface area contributed by atoms with Gasteiger partial charge in [-0.3, -0.25) is 4.90 Å². The summed E-state index contributed by atoms with van der Waals surface area (Å²) < 4.78 is 0. The first-order valence-corrected chi connectivity index (χ1v) is 6.19. The van der Waals surface area contributed by atoms with Gasteiger partial charge in [0, 0.05) is 19.7 Å². The average molecular weight is 217 g/mol. The number of nitrogens with zero attached hydrogens (tertiary/aromatic N) is 1. The van der Waals surface area contributed by atoms with Crippen molar-refractivity contribution in [1.82, 2.24) is 4.90 Å². The van der Waals surface area contributed by atoms with Gasteiger partial charge in [0.15, 0.2) is 0 Å². The van der Waals surface area contributed by atoms with Gasteiger partial charge in [0.2, 0.25) is 0 Å². The van der Waals surface area contributed by atoms with Crippen LogP contribution < -0.4 is 0 Å². The number of hydrogen-bond donors (Lipinski definition) is 1. The molecule has 2 fully saturated rings. The van der Waals surface area contributed by atoms with Crippen LogP contribution in [0.15, 0.2) is 30.3 Å². The van der Waals surface area contributed by atoms with E-state index in [1.165, 1.54) is 24.9 Å². The van der Waals surface area contributed by atoms with E-state index >= 15 is 0 Å². The summed E-state index contributed by atoms with van der Waals surface area (Å²) in [6.07, 6.45) is 2.43. The summed E-state index contributed by atoms with van der Waals surface area (Å²) in [7, 11) is 0. The van der Waals surface area contributed by atoms with E-state index in [1.807, 2.05) is 0 Å². The molecule has 0 unspecified atom stereocenters. The van der Waals surface area contributed by atoms with Crippen LogP contribution in [0.3, 0.4) is 0 Å². The minimum absolute atomic E-state index is 0.327.